The number of rotatable bonds is 1. The van der Waals surface area contributed by atoms with E-state index < -0.39 is 18.0 Å². The molecule has 0 spiro atoms. The van der Waals surface area contributed by atoms with Gasteiger partial charge in [-0.05, 0) is 6.92 Å². The molecule has 0 aromatic heterocycles. The first-order chi connectivity index (χ1) is 4.63. The van der Waals surface area contributed by atoms with E-state index in [9.17, 15) is 4.79 Å². The van der Waals surface area contributed by atoms with Crippen molar-refractivity contribution in [1.29, 1.82) is 0 Å². The molecule has 0 aliphatic carbocycles. The molecule has 58 valence electrons. The van der Waals surface area contributed by atoms with Crippen LogP contribution < -0.4 is 0 Å². The van der Waals surface area contributed by atoms with Crippen molar-refractivity contribution in [3.63, 3.8) is 0 Å². The summed E-state index contributed by atoms with van der Waals surface area (Å²) in [6.45, 7) is 1.78. The van der Waals surface area contributed by atoms with Crippen molar-refractivity contribution in [3.05, 3.63) is 0 Å². The maximum atomic E-state index is 10.4. The van der Waals surface area contributed by atoms with Gasteiger partial charge in [-0.25, -0.2) is 0 Å². The summed E-state index contributed by atoms with van der Waals surface area (Å²) in [7, 11) is 0. The molecule has 0 aromatic carbocycles. The highest BCUT2D eigenvalue weighted by molar-refractivity contribution is 5.71. The van der Waals surface area contributed by atoms with Crippen molar-refractivity contribution in [1.82, 2.24) is 0 Å². The van der Waals surface area contributed by atoms with Crippen LogP contribution in [0.4, 0.5) is 0 Å². The number of aliphatic hydroxyl groups is 1. The number of hydrogen-bond acceptors (Lipinski definition) is 3. The lowest BCUT2D eigenvalue weighted by molar-refractivity contribution is -0.145. The van der Waals surface area contributed by atoms with Crippen molar-refractivity contribution in [2.24, 2.45) is 5.92 Å². The normalized spacial score (nSPS) is 40.0. The summed E-state index contributed by atoms with van der Waals surface area (Å²) in [5, 5.41) is 17.5. The van der Waals surface area contributed by atoms with E-state index >= 15 is 0 Å². The first-order valence-corrected chi connectivity index (χ1v) is 3.15. The van der Waals surface area contributed by atoms with Gasteiger partial charge in [-0.3, -0.25) is 4.79 Å². The van der Waals surface area contributed by atoms with Crippen LogP contribution in [0.1, 0.15) is 6.92 Å². The lowest BCUT2D eigenvalue weighted by Crippen LogP contribution is -2.30. The number of carbonyl (C=O) groups is 1. The van der Waals surface area contributed by atoms with Crippen LogP contribution in [0.5, 0.6) is 0 Å². The Kier molecular flexibility index (Phi) is 1.92. The fraction of sp³-hybridized carbons (Fsp3) is 0.833. The summed E-state index contributed by atoms with van der Waals surface area (Å²) < 4.78 is 4.91. The van der Waals surface area contributed by atoms with Gasteiger partial charge in [0.15, 0.2) is 0 Å². The Morgan fingerprint density at radius 2 is 2.30 bits per heavy atom. The van der Waals surface area contributed by atoms with E-state index in [-0.39, 0.29) is 12.7 Å². The summed E-state index contributed by atoms with van der Waals surface area (Å²) in [4.78, 5) is 10.4. The Balaban J connectivity index is 2.63. The van der Waals surface area contributed by atoms with Gasteiger partial charge in [0.1, 0.15) is 5.92 Å². The number of aliphatic carboxylic acids is 1. The summed E-state index contributed by atoms with van der Waals surface area (Å²) in [6.07, 6.45) is -1.21. The van der Waals surface area contributed by atoms with Crippen LogP contribution in [0.25, 0.3) is 0 Å². The molecule has 1 heterocycles. The molecule has 0 bridgehead atoms. The molecule has 1 fully saturated rings. The molecule has 4 nitrogen and oxygen atoms in total. The zero-order valence-corrected chi connectivity index (χ0v) is 5.65. The average molecular weight is 146 g/mol. The third kappa shape index (κ3) is 1.12. The highest BCUT2D eigenvalue weighted by Gasteiger charge is 2.38. The second-order valence-electron chi connectivity index (χ2n) is 2.47. The summed E-state index contributed by atoms with van der Waals surface area (Å²) in [5.74, 6) is -1.74. The Bertz CT molecular complexity index is 135. The van der Waals surface area contributed by atoms with Gasteiger partial charge >= 0.3 is 5.97 Å². The van der Waals surface area contributed by atoms with E-state index in [0.717, 1.165) is 0 Å². The quantitative estimate of drug-likeness (QED) is 0.521. The zero-order valence-electron chi connectivity index (χ0n) is 5.65. The standard InChI is InChI=1S/C6H10O4/c1-3-5(6(8)9)4(7)2-10-3/h3-5,7H,2H2,1H3,(H,8,9)/t3-,4+,5-/m1/s1. The Morgan fingerprint density at radius 1 is 1.70 bits per heavy atom. The number of carboxylic acid groups (broad SMARTS) is 1. The van der Waals surface area contributed by atoms with Crippen molar-refractivity contribution < 1.29 is 19.7 Å². The van der Waals surface area contributed by atoms with Crippen LogP contribution in [-0.4, -0.2) is 35.0 Å². The van der Waals surface area contributed by atoms with Crippen molar-refractivity contribution in [2.75, 3.05) is 6.61 Å². The van der Waals surface area contributed by atoms with Gasteiger partial charge in [-0.15, -0.1) is 0 Å². The number of carboxylic acids is 1. The molecule has 0 radical (unpaired) electrons. The molecule has 1 rings (SSSR count). The zero-order chi connectivity index (χ0) is 7.72. The number of ether oxygens (including phenoxy) is 1. The van der Waals surface area contributed by atoms with Crippen LogP contribution in [-0.2, 0) is 9.53 Å². The van der Waals surface area contributed by atoms with Crippen LogP contribution in [0.15, 0.2) is 0 Å². The van der Waals surface area contributed by atoms with E-state index in [1.165, 1.54) is 0 Å². The van der Waals surface area contributed by atoms with Crippen molar-refractivity contribution >= 4 is 5.97 Å². The topological polar surface area (TPSA) is 66.8 Å². The third-order valence-corrected chi connectivity index (χ3v) is 1.74. The van der Waals surface area contributed by atoms with Crippen LogP contribution in [0.2, 0.25) is 0 Å². The summed E-state index contributed by atoms with van der Waals surface area (Å²) >= 11 is 0. The summed E-state index contributed by atoms with van der Waals surface area (Å²) in [6, 6.07) is 0. The van der Waals surface area contributed by atoms with E-state index in [0.29, 0.717) is 0 Å². The second-order valence-corrected chi connectivity index (χ2v) is 2.47. The average Bonchev–Trinajstić information content (AvgIpc) is 2.11. The first kappa shape index (κ1) is 7.50. The van der Waals surface area contributed by atoms with Crippen LogP contribution in [0.3, 0.4) is 0 Å². The fourth-order valence-electron chi connectivity index (χ4n) is 1.14. The van der Waals surface area contributed by atoms with Gasteiger partial charge < -0.3 is 14.9 Å². The molecule has 0 unspecified atom stereocenters. The first-order valence-electron chi connectivity index (χ1n) is 3.15. The number of hydrogen-bond donors (Lipinski definition) is 2. The lowest BCUT2D eigenvalue weighted by Gasteiger charge is -2.09. The highest BCUT2D eigenvalue weighted by Crippen LogP contribution is 2.20. The molecule has 2 N–H and O–H groups in total. The van der Waals surface area contributed by atoms with E-state index in [4.69, 9.17) is 14.9 Å². The predicted octanol–water partition coefficient (Wildman–Crippen LogP) is -0.533. The maximum absolute atomic E-state index is 10.4. The Hall–Kier alpha value is -0.610. The predicted molar refractivity (Wildman–Crippen MR) is 32.5 cm³/mol. The van der Waals surface area contributed by atoms with Crippen LogP contribution in [0, 0.1) is 5.92 Å². The molecule has 1 aliphatic heterocycles. The molecular formula is C6H10O4. The highest BCUT2D eigenvalue weighted by atomic mass is 16.5. The SMILES string of the molecule is C[C@H]1OC[C@H](O)[C@@H]1C(=O)O. The van der Waals surface area contributed by atoms with Gasteiger partial charge in [0.2, 0.25) is 0 Å². The monoisotopic (exact) mass is 146 g/mol. The van der Waals surface area contributed by atoms with E-state index in [1.54, 1.807) is 6.92 Å². The van der Waals surface area contributed by atoms with E-state index in [1.807, 2.05) is 0 Å². The molecule has 0 aromatic rings. The van der Waals surface area contributed by atoms with Gasteiger partial charge in [0, 0.05) is 0 Å². The van der Waals surface area contributed by atoms with Gasteiger partial charge in [-0.2, -0.15) is 0 Å². The van der Waals surface area contributed by atoms with Crippen molar-refractivity contribution in [2.45, 2.75) is 19.1 Å². The van der Waals surface area contributed by atoms with Crippen LogP contribution >= 0.6 is 0 Å². The Morgan fingerprint density at radius 3 is 2.50 bits per heavy atom. The minimum Gasteiger partial charge on any atom is -0.481 e. The van der Waals surface area contributed by atoms with Crippen molar-refractivity contribution in [3.8, 4) is 0 Å². The van der Waals surface area contributed by atoms with E-state index in [2.05, 4.69) is 0 Å². The van der Waals surface area contributed by atoms with Gasteiger partial charge in [0.05, 0.1) is 18.8 Å². The minimum atomic E-state index is -0.988. The third-order valence-electron chi connectivity index (χ3n) is 1.74. The smallest absolute Gasteiger partial charge is 0.311 e. The van der Waals surface area contributed by atoms with Gasteiger partial charge in [-0.1, -0.05) is 0 Å². The lowest BCUT2D eigenvalue weighted by atomic mass is 10.0. The molecule has 10 heavy (non-hydrogen) atoms. The molecule has 1 aliphatic rings. The van der Waals surface area contributed by atoms with Gasteiger partial charge in [0.25, 0.3) is 0 Å². The molecule has 0 amide bonds. The molecule has 3 atom stereocenters. The number of aliphatic hydroxyl groups excluding tert-OH is 1. The largest absolute Gasteiger partial charge is 0.481 e. The molecule has 4 heteroatoms. The Labute approximate surface area is 58.4 Å². The fourth-order valence-corrected chi connectivity index (χ4v) is 1.14. The molecular weight excluding hydrogens is 136 g/mol. The summed E-state index contributed by atoms with van der Waals surface area (Å²) in [5.41, 5.74) is 0. The minimum absolute atomic E-state index is 0.137. The molecule has 0 saturated carbocycles. The molecule has 1 saturated heterocycles. The second kappa shape index (κ2) is 2.56. The maximum Gasteiger partial charge on any atom is 0.311 e.